The Morgan fingerprint density at radius 3 is 2.35 bits per heavy atom. The molecule has 0 aliphatic rings. The third-order valence-corrected chi connectivity index (χ3v) is 2.96. The lowest BCUT2D eigenvalue weighted by molar-refractivity contribution is -0.112. The fourth-order valence-electron chi connectivity index (χ4n) is 1.86. The second-order valence-electron chi connectivity index (χ2n) is 4.30. The fourth-order valence-corrected chi connectivity index (χ4v) is 1.86. The molecule has 3 nitrogen and oxygen atoms in total. The highest BCUT2D eigenvalue weighted by molar-refractivity contribution is 6.46. The zero-order chi connectivity index (χ0) is 14.5. The molecule has 0 saturated carbocycles. The van der Waals surface area contributed by atoms with Crippen molar-refractivity contribution < 1.29 is 14.0 Å². The summed E-state index contributed by atoms with van der Waals surface area (Å²) in [6.07, 6.45) is 0.751. The molecule has 1 N–H and O–H groups in total. The summed E-state index contributed by atoms with van der Waals surface area (Å²) in [4.78, 5) is 23.8. The number of aryl methyl sites for hydroxylation is 1. The van der Waals surface area contributed by atoms with Crippen LogP contribution in [0.25, 0.3) is 0 Å². The summed E-state index contributed by atoms with van der Waals surface area (Å²) >= 11 is 0. The second-order valence-corrected chi connectivity index (χ2v) is 4.30. The first-order valence-electron chi connectivity index (χ1n) is 6.31. The molecule has 0 aromatic heterocycles. The average molecular weight is 271 g/mol. The van der Waals surface area contributed by atoms with Crippen molar-refractivity contribution in [3.63, 3.8) is 0 Å². The van der Waals surface area contributed by atoms with Crippen LogP contribution in [0.1, 0.15) is 22.8 Å². The predicted molar refractivity (Wildman–Crippen MR) is 75.2 cm³/mol. The lowest BCUT2D eigenvalue weighted by Crippen LogP contribution is -2.23. The van der Waals surface area contributed by atoms with Crippen molar-refractivity contribution in [3.8, 4) is 0 Å². The number of hydrogen-bond donors (Lipinski definition) is 1. The Bertz CT molecular complexity index is 635. The molecule has 1 amide bonds. The van der Waals surface area contributed by atoms with E-state index in [1.807, 2.05) is 19.1 Å². The van der Waals surface area contributed by atoms with Crippen LogP contribution in [0.3, 0.4) is 0 Å². The molecular formula is C16H14FNO2. The van der Waals surface area contributed by atoms with Crippen LogP contribution in [0, 0.1) is 5.82 Å². The maximum absolute atomic E-state index is 12.8. The van der Waals surface area contributed by atoms with Crippen molar-refractivity contribution in [1.82, 2.24) is 0 Å². The van der Waals surface area contributed by atoms with E-state index in [1.54, 1.807) is 12.1 Å². The maximum Gasteiger partial charge on any atom is 0.296 e. The molecule has 0 atom stereocenters. The van der Waals surface area contributed by atoms with Crippen LogP contribution in [-0.2, 0) is 11.2 Å². The van der Waals surface area contributed by atoms with E-state index in [-0.39, 0.29) is 5.56 Å². The van der Waals surface area contributed by atoms with E-state index >= 15 is 0 Å². The number of carbonyl (C=O) groups excluding carboxylic acids is 2. The van der Waals surface area contributed by atoms with Crippen molar-refractivity contribution >= 4 is 17.4 Å². The van der Waals surface area contributed by atoms with Gasteiger partial charge in [-0.2, -0.15) is 0 Å². The number of anilines is 1. The molecule has 0 aliphatic carbocycles. The number of ketones is 1. The Morgan fingerprint density at radius 1 is 1.05 bits per heavy atom. The van der Waals surface area contributed by atoms with Gasteiger partial charge in [-0.3, -0.25) is 9.59 Å². The number of hydrogen-bond acceptors (Lipinski definition) is 2. The van der Waals surface area contributed by atoms with Crippen LogP contribution < -0.4 is 5.32 Å². The second kappa shape index (κ2) is 6.10. The van der Waals surface area contributed by atoms with Crippen LogP contribution in [0.2, 0.25) is 0 Å². The van der Waals surface area contributed by atoms with Gasteiger partial charge in [-0.1, -0.05) is 25.1 Å². The lowest BCUT2D eigenvalue weighted by atomic mass is 10.1. The van der Waals surface area contributed by atoms with E-state index in [9.17, 15) is 14.0 Å². The van der Waals surface area contributed by atoms with E-state index in [2.05, 4.69) is 5.32 Å². The summed E-state index contributed by atoms with van der Waals surface area (Å²) in [5.41, 5.74) is 1.74. The van der Waals surface area contributed by atoms with Crippen LogP contribution in [0.15, 0.2) is 48.5 Å². The van der Waals surface area contributed by atoms with Crippen molar-refractivity contribution in [1.29, 1.82) is 0 Å². The number of para-hydroxylation sites is 1. The van der Waals surface area contributed by atoms with Gasteiger partial charge >= 0.3 is 0 Å². The van der Waals surface area contributed by atoms with Gasteiger partial charge < -0.3 is 5.32 Å². The number of benzene rings is 2. The molecule has 2 aromatic rings. The topological polar surface area (TPSA) is 46.2 Å². The van der Waals surface area contributed by atoms with Crippen LogP contribution in [0.4, 0.5) is 10.1 Å². The molecule has 0 unspecified atom stereocenters. The van der Waals surface area contributed by atoms with Gasteiger partial charge in [0.1, 0.15) is 5.82 Å². The number of amides is 1. The third kappa shape index (κ3) is 3.09. The molecule has 0 saturated heterocycles. The number of rotatable bonds is 4. The third-order valence-electron chi connectivity index (χ3n) is 2.96. The molecule has 0 radical (unpaired) electrons. The van der Waals surface area contributed by atoms with E-state index in [0.717, 1.165) is 24.1 Å². The summed E-state index contributed by atoms with van der Waals surface area (Å²) < 4.78 is 12.8. The first-order valence-corrected chi connectivity index (χ1v) is 6.31. The first-order chi connectivity index (χ1) is 9.61. The monoisotopic (exact) mass is 271 g/mol. The highest BCUT2D eigenvalue weighted by Crippen LogP contribution is 2.16. The van der Waals surface area contributed by atoms with Gasteiger partial charge in [-0.15, -0.1) is 0 Å². The molecule has 2 rings (SSSR count). The van der Waals surface area contributed by atoms with Crippen molar-refractivity contribution in [3.05, 3.63) is 65.5 Å². The quantitative estimate of drug-likeness (QED) is 0.685. The van der Waals surface area contributed by atoms with Crippen molar-refractivity contribution in [2.45, 2.75) is 13.3 Å². The van der Waals surface area contributed by atoms with Gasteiger partial charge in [0, 0.05) is 11.3 Å². The minimum absolute atomic E-state index is 0.165. The first kappa shape index (κ1) is 13.9. The molecule has 102 valence electrons. The molecule has 0 spiro atoms. The normalized spacial score (nSPS) is 10.1. The Kier molecular flexibility index (Phi) is 4.25. The van der Waals surface area contributed by atoms with E-state index in [0.29, 0.717) is 5.69 Å². The summed E-state index contributed by atoms with van der Waals surface area (Å²) in [7, 11) is 0. The average Bonchev–Trinajstić information content (AvgIpc) is 2.48. The van der Waals surface area contributed by atoms with E-state index in [1.165, 1.54) is 12.1 Å². The molecule has 0 heterocycles. The van der Waals surface area contributed by atoms with Crippen LogP contribution in [0.5, 0.6) is 0 Å². The molecule has 20 heavy (non-hydrogen) atoms. The minimum Gasteiger partial charge on any atom is -0.319 e. The van der Waals surface area contributed by atoms with Gasteiger partial charge in [0.15, 0.2) is 0 Å². The van der Waals surface area contributed by atoms with Gasteiger partial charge in [0.05, 0.1) is 0 Å². The standard InChI is InChI=1S/C16H14FNO2/c1-2-11-5-3-4-6-14(11)18-16(20)15(19)12-7-9-13(17)10-8-12/h3-10H,2H2,1H3,(H,18,20). The van der Waals surface area contributed by atoms with E-state index < -0.39 is 17.5 Å². The smallest absolute Gasteiger partial charge is 0.296 e. The predicted octanol–water partition coefficient (Wildman–Crippen LogP) is 3.21. The van der Waals surface area contributed by atoms with Crippen LogP contribution >= 0.6 is 0 Å². The summed E-state index contributed by atoms with van der Waals surface area (Å²) in [6, 6.07) is 12.2. The van der Waals surface area contributed by atoms with E-state index in [4.69, 9.17) is 0 Å². The summed E-state index contributed by atoms with van der Waals surface area (Å²) in [6.45, 7) is 1.97. The van der Waals surface area contributed by atoms with Gasteiger partial charge in [-0.25, -0.2) is 4.39 Å². The zero-order valence-electron chi connectivity index (χ0n) is 11.0. The number of carbonyl (C=O) groups is 2. The Balaban J connectivity index is 2.15. The highest BCUT2D eigenvalue weighted by atomic mass is 19.1. The van der Waals surface area contributed by atoms with Crippen molar-refractivity contribution in [2.75, 3.05) is 5.32 Å². The zero-order valence-corrected chi connectivity index (χ0v) is 11.0. The summed E-state index contributed by atoms with van der Waals surface area (Å²) in [5.74, 6) is -1.85. The maximum atomic E-state index is 12.8. The highest BCUT2D eigenvalue weighted by Gasteiger charge is 2.17. The minimum atomic E-state index is -0.725. The van der Waals surface area contributed by atoms with Gasteiger partial charge in [0.25, 0.3) is 11.7 Å². The molecule has 0 aliphatic heterocycles. The molecule has 0 bridgehead atoms. The number of Topliss-reactive ketones (excluding diaryl/α,β-unsaturated/α-hetero) is 1. The molecule has 4 heteroatoms. The van der Waals surface area contributed by atoms with Gasteiger partial charge in [-0.05, 0) is 42.3 Å². The number of halogens is 1. The molecule has 0 fully saturated rings. The Labute approximate surface area is 116 Å². The SMILES string of the molecule is CCc1ccccc1NC(=O)C(=O)c1ccc(F)cc1. The Hall–Kier alpha value is -2.49. The van der Waals surface area contributed by atoms with Crippen LogP contribution in [-0.4, -0.2) is 11.7 Å². The summed E-state index contributed by atoms with van der Waals surface area (Å²) in [5, 5.41) is 2.59. The van der Waals surface area contributed by atoms with Gasteiger partial charge in [0.2, 0.25) is 0 Å². The molecule has 2 aromatic carbocycles. The lowest BCUT2D eigenvalue weighted by Gasteiger charge is -2.08. The Morgan fingerprint density at radius 2 is 1.70 bits per heavy atom. The largest absolute Gasteiger partial charge is 0.319 e. The molecular weight excluding hydrogens is 257 g/mol. The van der Waals surface area contributed by atoms with Crippen molar-refractivity contribution in [2.24, 2.45) is 0 Å². The number of nitrogens with one attached hydrogen (secondary N) is 1. The fraction of sp³-hybridized carbons (Fsp3) is 0.125.